The van der Waals surface area contributed by atoms with Gasteiger partial charge in [0, 0.05) is 31.3 Å². The molecule has 244 valence electrons. The van der Waals surface area contributed by atoms with Crippen molar-refractivity contribution in [2.45, 2.75) is 90.0 Å². The van der Waals surface area contributed by atoms with E-state index in [0.717, 1.165) is 0 Å². The lowest BCUT2D eigenvalue weighted by atomic mass is 9.75. The van der Waals surface area contributed by atoms with E-state index < -0.39 is 59.3 Å². The lowest BCUT2D eigenvalue weighted by Crippen LogP contribution is -2.53. The van der Waals surface area contributed by atoms with Crippen molar-refractivity contribution in [1.82, 2.24) is 5.32 Å². The molecular weight excluding hydrogens is 572 g/mol. The Bertz CT molecular complexity index is 1270. The second-order valence-corrected chi connectivity index (χ2v) is 12.2. The number of rotatable bonds is 4. The van der Waals surface area contributed by atoms with Gasteiger partial charge in [-0.3, -0.25) is 9.59 Å². The summed E-state index contributed by atoms with van der Waals surface area (Å²) in [5, 5.41) is 25.2. The Kier molecular flexibility index (Phi) is 11.4. The molecule has 0 saturated carbocycles. The fourth-order valence-electron chi connectivity index (χ4n) is 5.82. The number of allylic oxidation sites excluding steroid dienone is 3. The number of carbonyl (C=O) groups is 3. The standard InChI is InChI=1S/C32H46N2O10/c1-17-12-21-26(36)22(15-32(31(5,6)39)28(21)42-16-43-32)34-29(37)18(2)10-9-11-23(40-7)27(44-30(33)38)20(4)14-19(3)25(35)24(13-17)41-8/h9-11,14-15,17,19,23-25,27,35,39H,12-13,16H2,1-8H3,(H2,33,38)(H,34,37). The molecule has 0 spiro atoms. The van der Waals surface area contributed by atoms with Gasteiger partial charge in [0.05, 0.1) is 23.5 Å². The van der Waals surface area contributed by atoms with Crippen molar-refractivity contribution in [2.75, 3.05) is 21.0 Å². The molecule has 0 aromatic rings. The molecule has 1 saturated heterocycles. The molecule has 0 aromatic heterocycles. The summed E-state index contributed by atoms with van der Waals surface area (Å²) in [6.45, 7) is 9.93. The van der Waals surface area contributed by atoms with Gasteiger partial charge in [-0.05, 0) is 58.1 Å². The molecule has 3 rings (SSSR count). The number of ketones is 1. The zero-order chi connectivity index (χ0) is 33.0. The highest BCUT2D eigenvalue weighted by Crippen LogP contribution is 2.46. The molecule has 12 heteroatoms. The SMILES string of the molecule is COC1C=CC=C(C)C(=O)NC2=CC3(C(C)(C)O)OCOC3=C(CC(C)CC(OC)C(O)C(C)C=C(C)C1OC(N)=O)C2=O. The van der Waals surface area contributed by atoms with Crippen molar-refractivity contribution in [3.8, 4) is 0 Å². The van der Waals surface area contributed by atoms with E-state index in [0.29, 0.717) is 12.0 Å². The maximum atomic E-state index is 13.8. The highest BCUT2D eigenvalue weighted by Gasteiger charge is 2.56. The van der Waals surface area contributed by atoms with Crippen LogP contribution in [0.4, 0.5) is 4.79 Å². The quantitative estimate of drug-likeness (QED) is 0.343. The summed E-state index contributed by atoms with van der Waals surface area (Å²) in [5.41, 5.74) is 3.39. The summed E-state index contributed by atoms with van der Waals surface area (Å²) >= 11 is 0. The third-order valence-corrected chi connectivity index (χ3v) is 8.33. The van der Waals surface area contributed by atoms with Crippen LogP contribution in [0.5, 0.6) is 0 Å². The van der Waals surface area contributed by atoms with E-state index in [1.165, 1.54) is 26.4 Å². The number of hydrogen-bond donors (Lipinski definition) is 4. The summed E-state index contributed by atoms with van der Waals surface area (Å²) in [6, 6.07) is 0. The molecule has 2 aliphatic heterocycles. The minimum absolute atomic E-state index is 0.0512. The van der Waals surface area contributed by atoms with Crippen molar-refractivity contribution >= 4 is 17.8 Å². The first-order valence-corrected chi connectivity index (χ1v) is 14.6. The number of fused-ring (bicyclic) bond motifs is 3. The minimum Gasteiger partial charge on any atom is -0.468 e. The smallest absolute Gasteiger partial charge is 0.405 e. The van der Waals surface area contributed by atoms with Gasteiger partial charge in [0.2, 0.25) is 5.78 Å². The van der Waals surface area contributed by atoms with Crippen molar-refractivity contribution in [2.24, 2.45) is 17.6 Å². The maximum absolute atomic E-state index is 13.8. The fourth-order valence-corrected chi connectivity index (χ4v) is 5.82. The Labute approximate surface area is 258 Å². The van der Waals surface area contributed by atoms with Crippen molar-refractivity contribution < 1.29 is 48.3 Å². The lowest BCUT2D eigenvalue weighted by Gasteiger charge is -2.39. The van der Waals surface area contributed by atoms with Crippen molar-refractivity contribution in [3.63, 3.8) is 0 Å². The molecule has 0 radical (unpaired) electrons. The molecule has 1 fully saturated rings. The second-order valence-electron chi connectivity index (χ2n) is 12.2. The van der Waals surface area contributed by atoms with Crippen LogP contribution in [0.15, 0.2) is 58.6 Å². The number of ether oxygens (including phenoxy) is 5. The van der Waals surface area contributed by atoms with Crippen LogP contribution in [0.1, 0.15) is 54.4 Å². The number of carbonyl (C=O) groups excluding carboxylic acids is 3. The number of nitrogens with one attached hydrogen (secondary N) is 1. The minimum atomic E-state index is -1.52. The number of hydrogen-bond acceptors (Lipinski definition) is 10. The Hall–Kier alpha value is -3.29. The van der Waals surface area contributed by atoms with Gasteiger partial charge in [-0.2, -0.15) is 0 Å². The first kappa shape index (κ1) is 35.2. The molecule has 0 aromatic carbocycles. The molecule has 1 aliphatic carbocycles. The van der Waals surface area contributed by atoms with E-state index in [-0.39, 0.29) is 41.7 Å². The molecule has 3 aliphatic rings. The van der Waals surface area contributed by atoms with Crippen LogP contribution in [-0.4, -0.2) is 84.6 Å². The largest absolute Gasteiger partial charge is 0.468 e. The van der Waals surface area contributed by atoms with Gasteiger partial charge >= 0.3 is 6.09 Å². The fraction of sp³-hybridized carbons (Fsp3) is 0.594. The number of aliphatic hydroxyl groups excluding tert-OH is 1. The highest BCUT2D eigenvalue weighted by atomic mass is 16.7. The van der Waals surface area contributed by atoms with Crippen LogP contribution in [0, 0.1) is 11.8 Å². The Morgan fingerprint density at radius 1 is 1.18 bits per heavy atom. The Balaban J connectivity index is 2.15. The van der Waals surface area contributed by atoms with Crippen LogP contribution in [0.25, 0.3) is 0 Å². The van der Waals surface area contributed by atoms with Gasteiger partial charge < -0.3 is 44.9 Å². The molecule has 2 amide bonds. The second kappa shape index (κ2) is 14.2. The van der Waals surface area contributed by atoms with Crippen LogP contribution >= 0.6 is 0 Å². The molecule has 2 bridgehead atoms. The summed E-state index contributed by atoms with van der Waals surface area (Å²) < 4.78 is 28.4. The summed E-state index contributed by atoms with van der Waals surface area (Å²) in [4.78, 5) is 38.9. The van der Waals surface area contributed by atoms with Crippen molar-refractivity contribution in [3.05, 3.63) is 58.6 Å². The maximum Gasteiger partial charge on any atom is 0.405 e. The molecule has 5 N–H and O–H groups in total. The first-order valence-electron chi connectivity index (χ1n) is 14.6. The van der Waals surface area contributed by atoms with Crippen LogP contribution < -0.4 is 11.1 Å². The Morgan fingerprint density at radius 2 is 1.86 bits per heavy atom. The molecule has 44 heavy (non-hydrogen) atoms. The third-order valence-electron chi connectivity index (χ3n) is 8.33. The van der Waals surface area contributed by atoms with Gasteiger partial charge in [0.1, 0.15) is 11.9 Å². The highest BCUT2D eigenvalue weighted by molar-refractivity contribution is 6.13. The predicted molar refractivity (Wildman–Crippen MR) is 161 cm³/mol. The average Bonchev–Trinajstić information content (AvgIpc) is 3.39. The van der Waals surface area contributed by atoms with E-state index in [9.17, 15) is 24.6 Å². The van der Waals surface area contributed by atoms with E-state index in [1.807, 2.05) is 13.8 Å². The van der Waals surface area contributed by atoms with Gasteiger partial charge in [0.25, 0.3) is 5.91 Å². The number of aliphatic hydroxyl groups is 2. The summed E-state index contributed by atoms with van der Waals surface area (Å²) in [5.74, 6) is -1.47. The van der Waals surface area contributed by atoms with Crippen LogP contribution in [0.3, 0.4) is 0 Å². The molecule has 2 heterocycles. The topological polar surface area (TPSA) is 176 Å². The molecular formula is C32H46N2O10. The van der Waals surface area contributed by atoms with E-state index in [1.54, 1.807) is 45.9 Å². The van der Waals surface area contributed by atoms with E-state index in [4.69, 9.17) is 29.4 Å². The summed E-state index contributed by atoms with van der Waals surface area (Å²) in [6.07, 6.45) is 4.11. The molecule has 12 nitrogen and oxygen atoms in total. The van der Waals surface area contributed by atoms with Gasteiger partial charge in [-0.15, -0.1) is 0 Å². The lowest BCUT2D eigenvalue weighted by molar-refractivity contribution is -0.121. The zero-order valence-electron chi connectivity index (χ0n) is 26.7. The number of primary amides is 1. The molecule has 7 atom stereocenters. The Morgan fingerprint density at radius 3 is 2.45 bits per heavy atom. The third kappa shape index (κ3) is 7.49. The van der Waals surface area contributed by atoms with Gasteiger partial charge in [0.15, 0.2) is 18.5 Å². The van der Waals surface area contributed by atoms with Crippen LogP contribution in [0.2, 0.25) is 0 Å². The normalized spacial score (nSPS) is 32.6. The van der Waals surface area contributed by atoms with E-state index in [2.05, 4.69) is 5.32 Å². The predicted octanol–water partition coefficient (Wildman–Crippen LogP) is 2.71. The first-order chi connectivity index (χ1) is 20.6. The average molecular weight is 619 g/mol. The van der Waals surface area contributed by atoms with Crippen molar-refractivity contribution in [1.29, 1.82) is 0 Å². The summed E-state index contributed by atoms with van der Waals surface area (Å²) in [7, 11) is 2.93. The number of nitrogens with two attached hydrogens (primary N) is 1. The number of amides is 2. The van der Waals surface area contributed by atoms with Gasteiger partial charge in [-0.1, -0.05) is 38.2 Å². The van der Waals surface area contributed by atoms with E-state index >= 15 is 0 Å². The zero-order valence-corrected chi connectivity index (χ0v) is 26.7. The number of methoxy groups -OCH3 is 2. The number of Topliss-reactive ketones (excluding diaryl/α,β-unsaturated/α-hetero) is 1. The molecule has 7 unspecified atom stereocenters. The van der Waals surface area contributed by atoms with Gasteiger partial charge in [-0.25, -0.2) is 4.79 Å². The van der Waals surface area contributed by atoms with Crippen LogP contribution in [-0.2, 0) is 33.3 Å². The monoisotopic (exact) mass is 618 g/mol.